The van der Waals surface area contributed by atoms with Crippen LogP contribution in [0.5, 0.6) is 0 Å². The number of carbonyl (C=O) groups is 5. The highest BCUT2D eigenvalue weighted by molar-refractivity contribution is 6.69. The van der Waals surface area contributed by atoms with E-state index in [0.717, 1.165) is 24.6 Å². The van der Waals surface area contributed by atoms with Crippen LogP contribution in [0.1, 0.15) is 51.8 Å². The number of H-pyrrole nitrogens is 1. The normalized spacial score (nSPS) is 24.7. The quantitative estimate of drug-likeness (QED) is 0.0468. The number of halogens is 6. The Bertz CT molecular complexity index is 1840. The lowest BCUT2D eigenvalue weighted by Crippen LogP contribution is -2.62. The van der Waals surface area contributed by atoms with E-state index in [4.69, 9.17) is 32.8 Å². The van der Waals surface area contributed by atoms with Gasteiger partial charge in [-0.05, 0) is 26.6 Å². The van der Waals surface area contributed by atoms with Crippen LogP contribution in [0.4, 0.5) is 26.3 Å². The summed E-state index contributed by atoms with van der Waals surface area (Å²) in [5.41, 5.74) is -2.47. The van der Waals surface area contributed by atoms with Crippen LogP contribution in [0.2, 0.25) is 19.6 Å². The van der Waals surface area contributed by atoms with Crippen molar-refractivity contribution in [1.29, 1.82) is 0 Å². The summed E-state index contributed by atoms with van der Waals surface area (Å²) in [6, 6.07) is -1.96. The number of nitrogens with zero attached hydrogens (tertiary/aromatic N) is 2. The first-order chi connectivity index (χ1) is 27.8. The lowest BCUT2D eigenvalue weighted by atomic mass is 9.96. The first-order valence-electron chi connectivity index (χ1n) is 18.1. The van der Waals surface area contributed by atoms with Gasteiger partial charge >= 0.3 is 42.0 Å². The Balaban J connectivity index is 1.98. The summed E-state index contributed by atoms with van der Waals surface area (Å²) < 4.78 is 122. The Labute approximate surface area is 337 Å². The monoisotopic (exact) mass is 893 g/mol. The molecule has 1 aromatic heterocycles. The highest BCUT2D eigenvalue weighted by Gasteiger charge is 2.52. The minimum atomic E-state index is -5.40. The predicted octanol–water partition coefficient (Wildman–Crippen LogP) is 1.22. The predicted molar refractivity (Wildman–Crippen MR) is 190 cm³/mol. The van der Waals surface area contributed by atoms with E-state index in [2.05, 4.69) is 15.0 Å². The van der Waals surface area contributed by atoms with E-state index in [1.54, 1.807) is 6.92 Å². The van der Waals surface area contributed by atoms with Gasteiger partial charge in [-0.25, -0.2) is 9.79 Å². The van der Waals surface area contributed by atoms with E-state index in [9.17, 15) is 59.9 Å². The molecule has 0 aliphatic carbocycles. The number of aliphatic imine (C=N–C) groups is 1. The Hall–Kier alpha value is -4.86. The molecule has 27 heteroatoms. The fourth-order valence-corrected chi connectivity index (χ4v) is 6.35. The van der Waals surface area contributed by atoms with Crippen LogP contribution < -0.4 is 21.9 Å². The van der Waals surface area contributed by atoms with Crippen molar-refractivity contribution in [2.24, 2.45) is 4.99 Å². The SMILES string of the molecule is CCNC(=O)CCC(=O)O[C@@H]1C[C@H](n2cc(CO[C@@H]3O[C@H](CNC(=O)C(F)(F)F)[C@@H](OC(C)=O)[C@H](OC(C)=O)[C@H]3/N=C/OC(F)(F)F)c(=O)[nH]c2=O)O[C@@H]1CO[Si](C)(C)C. The van der Waals surface area contributed by atoms with Gasteiger partial charge < -0.3 is 48.2 Å². The molecule has 2 amide bonds. The molecule has 2 aliphatic rings. The number of alkyl halides is 6. The second-order valence-electron chi connectivity index (χ2n) is 14.1. The largest absolute Gasteiger partial charge is 0.573 e. The second-order valence-corrected chi connectivity index (χ2v) is 18.6. The molecular formula is C33H45F6N5O15Si. The van der Waals surface area contributed by atoms with Crippen molar-refractivity contribution in [2.75, 3.05) is 19.7 Å². The molecule has 1 aromatic rings. The number of ether oxygens (including phenoxy) is 7. The van der Waals surface area contributed by atoms with E-state index in [-0.39, 0.29) is 43.7 Å². The molecule has 0 spiro atoms. The summed E-state index contributed by atoms with van der Waals surface area (Å²) in [5.74, 6) is -5.88. The van der Waals surface area contributed by atoms with Crippen LogP contribution in [-0.2, 0) is 68.2 Å². The number of amides is 2. The molecular weight excluding hydrogens is 848 g/mol. The molecule has 2 aliphatic heterocycles. The third kappa shape index (κ3) is 15.6. The summed E-state index contributed by atoms with van der Waals surface area (Å²) >= 11 is 0. The summed E-state index contributed by atoms with van der Waals surface area (Å²) in [5, 5.41) is 4.05. The van der Waals surface area contributed by atoms with Gasteiger partial charge in [0.05, 0.1) is 25.2 Å². The van der Waals surface area contributed by atoms with E-state index < -0.39 is 118 Å². The number of hydrogen-bond acceptors (Lipinski definition) is 16. The third-order valence-corrected chi connectivity index (χ3v) is 9.22. The zero-order chi connectivity index (χ0) is 45.2. The lowest BCUT2D eigenvalue weighted by Gasteiger charge is -2.43. The van der Waals surface area contributed by atoms with Crippen molar-refractivity contribution < 1.29 is 87.9 Å². The van der Waals surface area contributed by atoms with Gasteiger partial charge in [0.25, 0.3) is 5.56 Å². The number of esters is 3. The van der Waals surface area contributed by atoms with Gasteiger partial charge in [0.15, 0.2) is 33.2 Å². The van der Waals surface area contributed by atoms with Crippen LogP contribution in [0.15, 0.2) is 20.8 Å². The minimum absolute atomic E-state index is 0.0734. The zero-order valence-corrected chi connectivity index (χ0v) is 34.0. The van der Waals surface area contributed by atoms with E-state index >= 15 is 0 Å². The van der Waals surface area contributed by atoms with Crippen LogP contribution in [0.25, 0.3) is 0 Å². The molecule has 2 saturated heterocycles. The molecule has 338 valence electrons. The van der Waals surface area contributed by atoms with Gasteiger partial charge in [-0.15, -0.1) is 13.2 Å². The van der Waals surface area contributed by atoms with E-state index in [1.807, 2.05) is 24.6 Å². The van der Waals surface area contributed by atoms with Crippen LogP contribution >= 0.6 is 0 Å². The Morgan fingerprint density at radius 3 is 2.18 bits per heavy atom. The maximum absolute atomic E-state index is 13.1. The fraction of sp³-hybridized carbons (Fsp3) is 0.697. The molecule has 3 heterocycles. The molecule has 0 aromatic carbocycles. The number of aromatic amines is 1. The topological polar surface area (TPSA) is 250 Å². The van der Waals surface area contributed by atoms with Crippen LogP contribution in [-0.4, -0.2) is 129 Å². The standard InChI is InChI=1S/C33H45F6N5O15Si/c1-7-40-22(47)8-9-24(48)58-19-10-23(57-21(19)14-54-60(4,5)6)44-12-18(28(49)43-31(44)51)13-52-29-25(42-15-53-33(37,38)39)27(56-17(3)46)26(55-16(2)45)20(59-29)11-41-30(50)32(34,35)36/h12,15,19-21,23,25-27,29H,7-11,13-14H2,1-6H3,(H,40,47)(H,41,50)(H,43,49,51)/b42-15+/t19-,20-,21-,23-,25-,26-,27-,29-/m1/s1. The van der Waals surface area contributed by atoms with Crippen molar-refractivity contribution in [3.05, 3.63) is 32.6 Å². The number of rotatable bonds is 18. The first-order valence-corrected chi connectivity index (χ1v) is 21.5. The Morgan fingerprint density at radius 1 is 0.950 bits per heavy atom. The van der Waals surface area contributed by atoms with E-state index in [0.29, 0.717) is 6.54 Å². The number of aromatic nitrogens is 2. The average molecular weight is 894 g/mol. The highest BCUT2D eigenvalue weighted by atomic mass is 28.4. The Kier molecular flexibility index (Phi) is 17.4. The molecule has 60 heavy (non-hydrogen) atoms. The number of carbonyl (C=O) groups excluding carboxylic acids is 5. The van der Waals surface area contributed by atoms with Crippen molar-refractivity contribution in [3.8, 4) is 0 Å². The molecule has 8 atom stereocenters. The lowest BCUT2D eigenvalue weighted by molar-refractivity contribution is -0.282. The molecule has 0 radical (unpaired) electrons. The van der Waals surface area contributed by atoms with Gasteiger partial charge in [-0.1, -0.05) is 0 Å². The number of hydrogen-bond donors (Lipinski definition) is 3. The maximum atomic E-state index is 13.1. The molecule has 2 fully saturated rings. The second kappa shape index (κ2) is 21.1. The van der Waals surface area contributed by atoms with Gasteiger partial charge in [-0.3, -0.25) is 38.3 Å². The van der Waals surface area contributed by atoms with E-state index in [1.165, 1.54) is 5.32 Å². The molecule has 0 saturated carbocycles. The smallest absolute Gasteiger partial charge is 0.459 e. The van der Waals surface area contributed by atoms with Gasteiger partial charge in [-0.2, -0.15) is 13.2 Å². The van der Waals surface area contributed by atoms with Crippen molar-refractivity contribution in [1.82, 2.24) is 20.2 Å². The van der Waals surface area contributed by atoms with Crippen LogP contribution in [0, 0.1) is 0 Å². The van der Waals surface area contributed by atoms with Crippen molar-refractivity contribution in [3.63, 3.8) is 0 Å². The summed E-state index contributed by atoms with van der Waals surface area (Å²) in [6.45, 7) is 7.28. The maximum Gasteiger partial charge on any atom is 0.573 e. The molecule has 3 N–H and O–H groups in total. The van der Waals surface area contributed by atoms with Gasteiger partial charge in [0.2, 0.25) is 5.91 Å². The molecule has 3 rings (SSSR count). The summed E-state index contributed by atoms with van der Waals surface area (Å²) in [6.07, 6.45) is -21.4. The first kappa shape index (κ1) is 49.5. The fourth-order valence-electron chi connectivity index (χ4n) is 5.69. The minimum Gasteiger partial charge on any atom is -0.459 e. The Morgan fingerprint density at radius 2 is 1.60 bits per heavy atom. The van der Waals surface area contributed by atoms with Crippen molar-refractivity contribution in [2.45, 2.75) is 128 Å². The van der Waals surface area contributed by atoms with Crippen LogP contribution in [0.3, 0.4) is 0 Å². The molecule has 0 unspecified atom stereocenters. The average Bonchev–Trinajstić information content (AvgIpc) is 3.50. The third-order valence-electron chi connectivity index (χ3n) is 8.19. The summed E-state index contributed by atoms with van der Waals surface area (Å²) in [7, 11) is -2.18. The highest BCUT2D eigenvalue weighted by Crippen LogP contribution is 2.33. The molecule has 0 bridgehead atoms. The summed E-state index contributed by atoms with van der Waals surface area (Å²) in [4.78, 5) is 92.2. The number of nitrogens with one attached hydrogen (secondary N) is 3. The van der Waals surface area contributed by atoms with Gasteiger partial charge in [0.1, 0.15) is 30.6 Å². The van der Waals surface area contributed by atoms with Gasteiger partial charge in [0, 0.05) is 46.0 Å². The zero-order valence-electron chi connectivity index (χ0n) is 33.0. The van der Waals surface area contributed by atoms with Crippen molar-refractivity contribution >= 4 is 44.4 Å². The molecule has 20 nitrogen and oxygen atoms in total.